The van der Waals surface area contributed by atoms with Crippen molar-refractivity contribution in [2.24, 2.45) is 5.92 Å². The van der Waals surface area contributed by atoms with Gasteiger partial charge in [0.15, 0.2) is 0 Å². The van der Waals surface area contributed by atoms with Crippen molar-refractivity contribution in [3.8, 4) is 0 Å². The highest BCUT2D eigenvalue weighted by molar-refractivity contribution is 5.09. The van der Waals surface area contributed by atoms with Crippen molar-refractivity contribution >= 4 is 0 Å². The predicted octanol–water partition coefficient (Wildman–Crippen LogP) is 3.55. The molecule has 1 N–H and O–H groups in total. The van der Waals surface area contributed by atoms with Gasteiger partial charge in [0.1, 0.15) is 0 Å². The first-order valence-electron chi connectivity index (χ1n) is 6.82. The Morgan fingerprint density at radius 1 is 1.35 bits per heavy atom. The Labute approximate surface area is 106 Å². The number of nitrogens with zero attached hydrogens (tertiary/aromatic N) is 2. The van der Waals surface area contributed by atoms with Crippen LogP contribution in [0.2, 0.25) is 0 Å². The van der Waals surface area contributed by atoms with Gasteiger partial charge in [-0.3, -0.25) is 4.68 Å². The summed E-state index contributed by atoms with van der Waals surface area (Å²) in [5, 5.41) is 7.87. The maximum absolute atomic E-state index is 4.42. The van der Waals surface area contributed by atoms with E-state index < -0.39 is 0 Å². The van der Waals surface area contributed by atoms with Crippen molar-refractivity contribution < 1.29 is 0 Å². The van der Waals surface area contributed by atoms with Crippen LogP contribution in [0.25, 0.3) is 0 Å². The van der Waals surface area contributed by atoms with Crippen molar-refractivity contribution in [2.75, 3.05) is 7.05 Å². The Morgan fingerprint density at radius 2 is 2.06 bits per heavy atom. The first-order chi connectivity index (χ1) is 8.11. The Balaban J connectivity index is 2.81. The number of aromatic nitrogens is 2. The smallest absolute Gasteiger partial charge is 0.0559 e. The van der Waals surface area contributed by atoms with Gasteiger partial charge in [0.2, 0.25) is 0 Å². The maximum Gasteiger partial charge on any atom is 0.0559 e. The van der Waals surface area contributed by atoms with Crippen molar-refractivity contribution in [2.45, 2.75) is 59.0 Å². The molecule has 0 spiro atoms. The van der Waals surface area contributed by atoms with E-state index in [9.17, 15) is 0 Å². The van der Waals surface area contributed by atoms with Crippen LogP contribution in [0.3, 0.4) is 0 Å². The third-order valence-electron chi connectivity index (χ3n) is 3.40. The average Bonchev–Trinajstić information content (AvgIpc) is 2.76. The minimum Gasteiger partial charge on any atom is -0.311 e. The van der Waals surface area contributed by atoms with Crippen LogP contribution in [0.15, 0.2) is 12.3 Å². The van der Waals surface area contributed by atoms with Crippen LogP contribution in [-0.4, -0.2) is 16.8 Å². The lowest BCUT2D eigenvalue weighted by Gasteiger charge is -2.25. The summed E-state index contributed by atoms with van der Waals surface area (Å²) in [6.07, 6.45) is 5.75. The summed E-state index contributed by atoms with van der Waals surface area (Å²) in [5.41, 5.74) is 1.31. The summed E-state index contributed by atoms with van der Waals surface area (Å²) in [6.45, 7) is 8.94. The van der Waals surface area contributed by atoms with E-state index in [1.807, 2.05) is 13.2 Å². The van der Waals surface area contributed by atoms with Crippen LogP contribution in [-0.2, 0) is 0 Å². The largest absolute Gasteiger partial charge is 0.311 e. The summed E-state index contributed by atoms with van der Waals surface area (Å²) >= 11 is 0. The van der Waals surface area contributed by atoms with E-state index in [0.29, 0.717) is 18.0 Å². The fraction of sp³-hybridized carbons (Fsp3) is 0.786. The lowest BCUT2D eigenvalue weighted by Crippen LogP contribution is -2.27. The van der Waals surface area contributed by atoms with Gasteiger partial charge in [-0.25, -0.2) is 0 Å². The van der Waals surface area contributed by atoms with Crippen LogP contribution in [0.4, 0.5) is 0 Å². The summed E-state index contributed by atoms with van der Waals surface area (Å²) in [4.78, 5) is 0. The molecule has 1 aromatic heterocycles. The van der Waals surface area contributed by atoms with Gasteiger partial charge in [-0.05, 0) is 39.3 Å². The van der Waals surface area contributed by atoms with Gasteiger partial charge in [0.25, 0.3) is 0 Å². The molecule has 1 heterocycles. The zero-order valence-electron chi connectivity index (χ0n) is 11.9. The molecule has 0 amide bonds. The standard InChI is InChI=1S/C14H27N3/c1-6-7-8-12(4)14(15-5)13-9-10-16-17(13)11(2)3/h9-12,14-15H,6-8H2,1-5H3. The Morgan fingerprint density at radius 3 is 2.59 bits per heavy atom. The molecule has 0 saturated carbocycles. The summed E-state index contributed by atoms with van der Waals surface area (Å²) < 4.78 is 2.13. The van der Waals surface area contributed by atoms with Crippen molar-refractivity contribution in [1.29, 1.82) is 0 Å². The quantitative estimate of drug-likeness (QED) is 0.786. The van der Waals surface area contributed by atoms with E-state index in [1.165, 1.54) is 25.0 Å². The molecule has 0 saturated heterocycles. The molecule has 0 bridgehead atoms. The van der Waals surface area contributed by atoms with Gasteiger partial charge in [-0.15, -0.1) is 0 Å². The van der Waals surface area contributed by atoms with Crippen LogP contribution >= 0.6 is 0 Å². The molecule has 0 aliphatic carbocycles. The van der Waals surface area contributed by atoms with Crippen LogP contribution in [0, 0.1) is 5.92 Å². The highest BCUT2D eigenvalue weighted by Crippen LogP contribution is 2.26. The zero-order chi connectivity index (χ0) is 12.8. The Bertz CT molecular complexity index is 317. The average molecular weight is 237 g/mol. The molecular weight excluding hydrogens is 210 g/mol. The number of nitrogens with one attached hydrogen (secondary N) is 1. The molecule has 0 aromatic carbocycles. The first kappa shape index (κ1) is 14.2. The lowest BCUT2D eigenvalue weighted by molar-refractivity contribution is 0.346. The number of unbranched alkanes of at least 4 members (excludes halogenated alkanes) is 1. The van der Waals surface area contributed by atoms with Gasteiger partial charge < -0.3 is 5.32 Å². The second-order valence-electron chi connectivity index (χ2n) is 5.18. The number of hydrogen-bond donors (Lipinski definition) is 1. The topological polar surface area (TPSA) is 29.9 Å². The molecule has 0 radical (unpaired) electrons. The Kier molecular flexibility index (Phi) is 5.69. The van der Waals surface area contributed by atoms with E-state index >= 15 is 0 Å². The second-order valence-corrected chi connectivity index (χ2v) is 5.18. The minimum atomic E-state index is 0.409. The van der Waals surface area contributed by atoms with Gasteiger partial charge in [-0.2, -0.15) is 5.10 Å². The van der Waals surface area contributed by atoms with Crippen molar-refractivity contribution in [3.63, 3.8) is 0 Å². The minimum absolute atomic E-state index is 0.409. The molecule has 1 aromatic rings. The van der Waals surface area contributed by atoms with E-state index in [1.54, 1.807) is 0 Å². The molecule has 2 atom stereocenters. The van der Waals surface area contributed by atoms with Gasteiger partial charge in [-0.1, -0.05) is 26.7 Å². The summed E-state index contributed by atoms with van der Waals surface area (Å²) in [5.74, 6) is 0.647. The summed E-state index contributed by atoms with van der Waals surface area (Å²) in [6, 6.07) is 2.98. The van der Waals surface area contributed by atoms with E-state index in [0.717, 1.165) is 0 Å². The van der Waals surface area contributed by atoms with Crippen molar-refractivity contribution in [3.05, 3.63) is 18.0 Å². The molecule has 98 valence electrons. The first-order valence-corrected chi connectivity index (χ1v) is 6.82. The van der Waals surface area contributed by atoms with Gasteiger partial charge in [0.05, 0.1) is 11.7 Å². The molecule has 0 aliphatic rings. The molecule has 17 heavy (non-hydrogen) atoms. The molecule has 1 rings (SSSR count). The second kappa shape index (κ2) is 6.80. The molecule has 3 heteroatoms. The molecule has 2 unspecified atom stereocenters. The molecule has 0 fully saturated rings. The number of hydrogen-bond acceptors (Lipinski definition) is 2. The highest BCUT2D eigenvalue weighted by Gasteiger charge is 2.21. The van der Waals surface area contributed by atoms with E-state index in [4.69, 9.17) is 0 Å². The fourth-order valence-electron chi connectivity index (χ4n) is 2.42. The molecule has 0 aliphatic heterocycles. The lowest BCUT2D eigenvalue weighted by atomic mass is 9.93. The van der Waals surface area contributed by atoms with Gasteiger partial charge >= 0.3 is 0 Å². The SMILES string of the molecule is CCCCC(C)C(NC)c1ccnn1C(C)C. The maximum atomic E-state index is 4.42. The highest BCUT2D eigenvalue weighted by atomic mass is 15.3. The monoisotopic (exact) mass is 237 g/mol. The predicted molar refractivity (Wildman–Crippen MR) is 73.1 cm³/mol. The van der Waals surface area contributed by atoms with Gasteiger partial charge in [0, 0.05) is 12.2 Å². The van der Waals surface area contributed by atoms with Crippen LogP contribution in [0.5, 0.6) is 0 Å². The number of rotatable bonds is 7. The molecule has 3 nitrogen and oxygen atoms in total. The van der Waals surface area contributed by atoms with Crippen LogP contribution < -0.4 is 5.32 Å². The fourth-order valence-corrected chi connectivity index (χ4v) is 2.42. The van der Waals surface area contributed by atoms with Crippen molar-refractivity contribution in [1.82, 2.24) is 15.1 Å². The Hall–Kier alpha value is -0.830. The van der Waals surface area contributed by atoms with E-state index in [-0.39, 0.29) is 0 Å². The third-order valence-corrected chi connectivity index (χ3v) is 3.40. The third kappa shape index (κ3) is 3.56. The zero-order valence-corrected chi connectivity index (χ0v) is 11.9. The van der Waals surface area contributed by atoms with E-state index in [2.05, 4.69) is 48.9 Å². The van der Waals surface area contributed by atoms with Crippen LogP contribution in [0.1, 0.15) is 64.7 Å². The normalized spacial score (nSPS) is 15.2. The summed E-state index contributed by atoms with van der Waals surface area (Å²) in [7, 11) is 2.05. The molecular formula is C14H27N3.